The van der Waals surface area contributed by atoms with Crippen LogP contribution in [0.3, 0.4) is 0 Å². The Morgan fingerprint density at radius 1 is 1.07 bits per heavy atom. The molecule has 140 valence electrons. The molecule has 0 spiro atoms. The number of rotatable bonds is 4. The molecule has 2 aromatic rings. The van der Waals surface area contributed by atoms with Crippen LogP contribution in [0, 0.1) is 0 Å². The quantitative estimate of drug-likeness (QED) is 0.824. The van der Waals surface area contributed by atoms with Crippen molar-refractivity contribution in [3.63, 3.8) is 0 Å². The molecule has 8 heteroatoms. The van der Waals surface area contributed by atoms with Gasteiger partial charge in [0.05, 0.1) is 24.8 Å². The Morgan fingerprint density at radius 2 is 1.67 bits per heavy atom. The van der Waals surface area contributed by atoms with E-state index in [1.54, 1.807) is 12.1 Å². The van der Waals surface area contributed by atoms with E-state index in [1.807, 2.05) is 0 Å². The number of halogens is 3. The minimum atomic E-state index is -4.50. The van der Waals surface area contributed by atoms with Gasteiger partial charge in [-0.1, -0.05) is 0 Å². The summed E-state index contributed by atoms with van der Waals surface area (Å²) in [5, 5.41) is 10.1. The molecule has 1 aliphatic heterocycles. The second-order valence-corrected chi connectivity index (χ2v) is 5.82. The Balaban J connectivity index is 1.83. The van der Waals surface area contributed by atoms with E-state index in [0.29, 0.717) is 5.75 Å². The molecule has 5 nitrogen and oxygen atoms in total. The van der Waals surface area contributed by atoms with Crippen molar-refractivity contribution >= 4 is 17.4 Å². The van der Waals surface area contributed by atoms with Crippen LogP contribution in [-0.2, 0) is 11.0 Å². The van der Waals surface area contributed by atoms with E-state index >= 15 is 0 Å². The van der Waals surface area contributed by atoms with E-state index < -0.39 is 29.2 Å². The normalized spacial score (nSPS) is 14.7. The summed E-state index contributed by atoms with van der Waals surface area (Å²) in [5.74, 6) is -1.56. The highest BCUT2D eigenvalue weighted by atomic mass is 19.4. The van der Waals surface area contributed by atoms with Crippen molar-refractivity contribution in [3.05, 3.63) is 71.0 Å². The molecular weight excluding hydrogens is 363 g/mol. The van der Waals surface area contributed by atoms with Gasteiger partial charge < -0.3 is 14.7 Å². The molecule has 0 radical (unpaired) electrons. The molecule has 0 saturated heterocycles. The van der Waals surface area contributed by atoms with Crippen molar-refractivity contribution in [2.24, 2.45) is 0 Å². The number of carbonyl (C=O) groups excluding carboxylic acids is 2. The highest BCUT2D eigenvalue weighted by Gasteiger charge is 2.36. The minimum absolute atomic E-state index is 0.120. The molecule has 0 aromatic heterocycles. The number of hydrogen-bond acceptors (Lipinski definition) is 4. The number of methoxy groups -OCH3 is 1. The van der Waals surface area contributed by atoms with Crippen LogP contribution in [-0.4, -0.2) is 30.5 Å². The predicted octanol–water partition coefficient (Wildman–Crippen LogP) is 3.76. The second-order valence-electron chi connectivity index (χ2n) is 5.82. The first-order chi connectivity index (χ1) is 12.7. The molecule has 2 aromatic carbocycles. The first kappa shape index (κ1) is 18.5. The van der Waals surface area contributed by atoms with Crippen molar-refractivity contribution in [1.82, 2.24) is 0 Å². The Morgan fingerprint density at radius 3 is 2.19 bits per heavy atom. The van der Waals surface area contributed by atoms with Crippen LogP contribution < -0.4 is 9.64 Å². The van der Waals surface area contributed by atoms with Crippen molar-refractivity contribution in [3.8, 4) is 5.75 Å². The van der Waals surface area contributed by atoms with Crippen LogP contribution in [0.15, 0.2) is 59.9 Å². The molecule has 27 heavy (non-hydrogen) atoms. The second kappa shape index (κ2) is 6.79. The van der Waals surface area contributed by atoms with Gasteiger partial charge in [0.15, 0.2) is 11.5 Å². The number of nitrogens with zero attached hydrogens (tertiary/aromatic N) is 1. The van der Waals surface area contributed by atoms with E-state index in [9.17, 15) is 27.9 Å². The van der Waals surface area contributed by atoms with Crippen molar-refractivity contribution in [2.75, 3.05) is 18.6 Å². The highest BCUT2D eigenvalue weighted by Crippen LogP contribution is 2.32. The number of ketones is 1. The van der Waals surface area contributed by atoms with Crippen LogP contribution in [0.25, 0.3) is 0 Å². The lowest BCUT2D eigenvalue weighted by Crippen LogP contribution is -2.27. The van der Waals surface area contributed by atoms with Gasteiger partial charge in [-0.15, -0.1) is 0 Å². The third-order valence-electron chi connectivity index (χ3n) is 4.18. The molecule has 0 atom stereocenters. The van der Waals surface area contributed by atoms with E-state index in [-0.39, 0.29) is 23.4 Å². The van der Waals surface area contributed by atoms with Crippen LogP contribution in [0.4, 0.5) is 18.9 Å². The van der Waals surface area contributed by atoms with Gasteiger partial charge in [-0.05, 0) is 48.5 Å². The molecule has 0 fully saturated rings. The lowest BCUT2D eigenvalue weighted by atomic mass is 10.0. The molecule has 1 aliphatic rings. The van der Waals surface area contributed by atoms with E-state index in [1.165, 1.54) is 19.2 Å². The molecular formula is C19H14F3NO4. The first-order valence-corrected chi connectivity index (χ1v) is 7.82. The largest absolute Gasteiger partial charge is 0.503 e. The van der Waals surface area contributed by atoms with Crippen LogP contribution in [0.1, 0.15) is 15.9 Å². The van der Waals surface area contributed by atoms with Gasteiger partial charge >= 0.3 is 6.18 Å². The summed E-state index contributed by atoms with van der Waals surface area (Å²) in [5.41, 5.74) is -0.578. The number of benzene rings is 2. The van der Waals surface area contributed by atoms with Crippen LogP contribution in [0.2, 0.25) is 0 Å². The molecule has 1 N–H and O–H groups in total. The number of anilines is 1. The third-order valence-corrected chi connectivity index (χ3v) is 4.18. The molecule has 0 unspecified atom stereocenters. The molecule has 3 rings (SSSR count). The Kier molecular flexibility index (Phi) is 4.65. The average Bonchev–Trinajstić information content (AvgIpc) is 2.96. The van der Waals surface area contributed by atoms with Gasteiger partial charge in [-0.25, -0.2) is 0 Å². The fourth-order valence-electron chi connectivity index (χ4n) is 2.70. The monoisotopic (exact) mass is 377 g/mol. The highest BCUT2D eigenvalue weighted by molar-refractivity contribution is 6.19. The van der Waals surface area contributed by atoms with Crippen molar-refractivity contribution in [1.29, 1.82) is 0 Å². The van der Waals surface area contributed by atoms with Crippen molar-refractivity contribution in [2.45, 2.75) is 6.18 Å². The zero-order valence-electron chi connectivity index (χ0n) is 14.1. The van der Waals surface area contributed by atoms with Crippen LogP contribution >= 0.6 is 0 Å². The molecule has 1 heterocycles. The summed E-state index contributed by atoms with van der Waals surface area (Å²) in [4.78, 5) is 25.9. The number of aliphatic hydroxyl groups excluding tert-OH is 1. The zero-order chi connectivity index (χ0) is 19.8. The topological polar surface area (TPSA) is 66.8 Å². The van der Waals surface area contributed by atoms with Gasteiger partial charge in [0, 0.05) is 11.3 Å². The Hall–Kier alpha value is -3.29. The van der Waals surface area contributed by atoms with E-state index in [2.05, 4.69) is 0 Å². The maximum atomic E-state index is 12.7. The number of ether oxygens (including phenoxy) is 1. The number of Topliss-reactive ketones (excluding diaryl/α,β-unsaturated/α-hetero) is 1. The third kappa shape index (κ3) is 3.51. The minimum Gasteiger partial charge on any atom is -0.503 e. The maximum Gasteiger partial charge on any atom is 0.416 e. The summed E-state index contributed by atoms with van der Waals surface area (Å²) >= 11 is 0. The van der Waals surface area contributed by atoms with Gasteiger partial charge in [-0.3, -0.25) is 9.59 Å². The van der Waals surface area contributed by atoms with E-state index in [0.717, 1.165) is 29.2 Å². The van der Waals surface area contributed by atoms with Gasteiger partial charge in [0.2, 0.25) is 0 Å². The Bertz CT molecular complexity index is 915. The van der Waals surface area contributed by atoms with Crippen LogP contribution in [0.5, 0.6) is 5.75 Å². The summed E-state index contributed by atoms with van der Waals surface area (Å²) in [7, 11) is 1.47. The Labute approximate surface area is 152 Å². The van der Waals surface area contributed by atoms with Crippen molar-refractivity contribution < 1.29 is 32.6 Å². The SMILES string of the molecule is COc1ccc(C(=O)C2=C(O)C(=O)N(c3ccc(C(F)(F)F)cc3)C2)cc1. The molecule has 0 saturated carbocycles. The summed E-state index contributed by atoms with van der Waals surface area (Å²) in [6.45, 7) is -0.235. The summed E-state index contributed by atoms with van der Waals surface area (Å²) < 4.78 is 43.0. The van der Waals surface area contributed by atoms with Gasteiger partial charge in [-0.2, -0.15) is 13.2 Å². The average molecular weight is 377 g/mol. The molecule has 0 bridgehead atoms. The molecule has 0 aliphatic carbocycles. The predicted molar refractivity (Wildman–Crippen MR) is 90.8 cm³/mol. The standard InChI is InChI=1S/C19H14F3NO4/c1-27-14-8-2-11(3-9-14)16(24)15-10-23(18(26)17(15)25)13-6-4-12(5-7-13)19(20,21)22/h2-9,25H,10H2,1H3. The number of carbonyl (C=O) groups is 2. The maximum absolute atomic E-state index is 12.7. The van der Waals surface area contributed by atoms with Gasteiger partial charge in [0.1, 0.15) is 5.75 Å². The lowest BCUT2D eigenvalue weighted by molar-refractivity contribution is -0.137. The summed E-state index contributed by atoms with van der Waals surface area (Å²) in [6, 6.07) is 10.0. The fraction of sp³-hybridized carbons (Fsp3) is 0.158. The van der Waals surface area contributed by atoms with Gasteiger partial charge in [0.25, 0.3) is 5.91 Å². The van der Waals surface area contributed by atoms with E-state index in [4.69, 9.17) is 4.74 Å². The number of amides is 1. The fourth-order valence-corrected chi connectivity index (χ4v) is 2.70. The first-order valence-electron chi connectivity index (χ1n) is 7.82. The summed E-state index contributed by atoms with van der Waals surface area (Å²) in [6.07, 6.45) is -4.50. The zero-order valence-corrected chi connectivity index (χ0v) is 14.1. The number of alkyl halides is 3. The molecule has 1 amide bonds. The number of aliphatic hydroxyl groups is 1. The smallest absolute Gasteiger partial charge is 0.416 e. The number of hydrogen-bond donors (Lipinski definition) is 1. The lowest BCUT2D eigenvalue weighted by Gasteiger charge is -2.17.